The van der Waals surface area contributed by atoms with E-state index in [2.05, 4.69) is 5.10 Å². The predicted octanol–water partition coefficient (Wildman–Crippen LogP) is 1.19. The zero-order chi connectivity index (χ0) is 14.1. The molecule has 1 aromatic rings. The summed E-state index contributed by atoms with van der Waals surface area (Å²) in [5.41, 5.74) is -0.387. The molecule has 6 nitrogen and oxygen atoms in total. The SMILES string of the molecule is CPN(PC)S(=O)(=O)c1ccn(C2(CO)CCC2)n1. The van der Waals surface area contributed by atoms with Crippen molar-refractivity contribution in [1.82, 2.24) is 13.6 Å². The fourth-order valence-electron chi connectivity index (χ4n) is 2.20. The molecule has 0 amide bonds. The molecular weight excluding hydrogens is 304 g/mol. The third kappa shape index (κ3) is 2.59. The zero-order valence-corrected chi connectivity index (χ0v) is 13.8. The molecule has 0 aliphatic heterocycles. The number of aliphatic hydroxyl groups is 1. The van der Waals surface area contributed by atoms with Crippen LogP contribution in [-0.2, 0) is 15.6 Å². The number of rotatable bonds is 6. The van der Waals surface area contributed by atoms with Gasteiger partial charge in [-0.2, -0.15) is 8.94 Å². The highest BCUT2D eigenvalue weighted by atomic mass is 32.2. The second kappa shape index (κ2) is 5.74. The minimum Gasteiger partial charge on any atom is -0.394 e. The number of aromatic nitrogens is 2. The van der Waals surface area contributed by atoms with E-state index in [1.54, 1.807) is 10.9 Å². The Morgan fingerprint density at radius 3 is 2.53 bits per heavy atom. The molecule has 1 aliphatic carbocycles. The highest BCUT2D eigenvalue weighted by Gasteiger charge is 2.40. The van der Waals surface area contributed by atoms with Gasteiger partial charge in [0.1, 0.15) is 0 Å². The number of sulfonamides is 1. The van der Waals surface area contributed by atoms with Gasteiger partial charge in [0.15, 0.2) is 5.03 Å². The van der Waals surface area contributed by atoms with Gasteiger partial charge in [0, 0.05) is 6.20 Å². The summed E-state index contributed by atoms with van der Waals surface area (Å²) in [6, 6.07) is 1.53. The number of aliphatic hydroxyl groups excluding tert-OH is 1. The van der Waals surface area contributed by atoms with Gasteiger partial charge in [0.05, 0.1) is 12.1 Å². The molecule has 1 aliphatic rings. The van der Waals surface area contributed by atoms with E-state index in [0.717, 1.165) is 19.3 Å². The molecule has 1 N–H and O–H groups in total. The Morgan fingerprint density at radius 1 is 1.47 bits per heavy atom. The first-order valence-corrected chi connectivity index (χ1v) is 10.4. The third-order valence-electron chi connectivity index (χ3n) is 3.54. The van der Waals surface area contributed by atoms with Crippen molar-refractivity contribution in [1.29, 1.82) is 0 Å². The molecule has 0 bridgehead atoms. The van der Waals surface area contributed by atoms with Gasteiger partial charge < -0.3 is 5.11 Å². The van der Waals surface area contributed by atoms with Gasteiger partial charge in [-0.3, -0.25) is 4.68 Å². The Labute approximate surface area is 117 Å². The summed E-state index contributed by atoms with van der Waals surface area (Å²) in [5, 5.41) is 13.8. The normalized spacial score (nSPS) is 19.8. The van der Waals surface area contributed by atoms with Crippen molar-refractivity contribution in [3.8, 4) is 0 Å². The first-order chi connectivity index (χ1) is 9.00. The fraction of sp³-hybridized carbons (Fsp3) is 0.700. The van der Waals surface area contributed by atoms with Gasteiger partial charge in [-0.25, -0.2) is 8.42 Å². The van der Waals surface area contributed by atoms with Gasteiger partial charge in [-0.05, 0) is 56.1 Å². The van der Waals surface area contributed by atoms with E-state index < -0.39 is 10.0 Å². The Bertz CT molecular complexity index is 532. The highest BCUT2D eigenvalue weighted by Crippen LogP contribution is 2.39. The van der Waals surface area contributed by atoms with Crippen LogP contribution in [0, 0.1) is 0 Å². The minimum atomic E-state index is -3.49. The van der Waals surface area contributed by atoms with Crippen LogP contribution in [0.2, 0.25) is 0 Å². The van der Waals surface area contributed by atoms with Crippen molar-refractivity contribution in [2.24, 2.45) is 0 Å². The smallest absolute Gasteiger partial charge is 0.268 e. The number of nitrogens with zero attached hydrogens (tertiary/aromatic N) is 3. The lowest BCUT2D eigenvalue weighted by Crippen LogP contribution is -2.44. The van der Waals surface area contributed by atoms with Crippen molar-refractivity contribution in [3.63, 3.8) is 0 Å². The summed E-state index contributed by atoms with van der Waals surface area (Å²) in [5.74, 6) is 0. The van der Waals surface area contributed by atoms with Crippen LogP contribution in [0.25, 0.3) is 0 Å². The monoisotopic (exact) mass is 323 g/mol. The van der Waals surface area contributed by atoms with Crippen LogP contribution in [0.4, 0.5) is 0 Å². The quantitative estimate of drug-likeness (QED) is 0.798. The fourth-order valence-corrected chi connectivity index (χ4v) is 6.19. The Hall–Kier alpha value is -0.0600. The van der Waals surface area contributed by atoms with Crippen LogP contribution in [-0.4, -0.2) is 47.1 Å². The van der Waals surface area contributed by atoms with Crippen LogP contribution < -0.4 is 0 Å². The molecule has 0 aromatic carbocycles. The van der Waals surface area contributed by atoms with Crippen LogP contribution in [0.5, 0.6) is 0 Å². The van der Waals surface area contributed by atoms with E-state index in [9.17, 15) is 13.5 Å². The molecule has 1 aromatic heterocycles. The van der Waals surface area contributed by atoms with E-state index in [1.807, 2.05) is 13.3 Å². The second-order valence-corrected chi connectivity index (χ2v) is 9.17. The molecule has 0 spiro atoms. The molecule has 0 saturated heterocycles. The molecule has 2 rings (SSSR count). The summed E-state index contributed by atoms with van der Waals surface area (Å²) in [6.07, 6.45) is 4.40. The van der Waals surface area contributed by atoms with Crippen molar-refractivity contribution in [2.45, 2.75) is 29.8 Å². The summed E-state index contributed by atoms with van der Waals surface area (Å²) in [6.45, 7) is 3.68. The average Bonchev–Trinajstić information content (AvgIpc) is 2.80. The molecule has 9 heteroatoms. The summed E-state index contributed by atoms with van der Waals surface area (Å²) < 4.78 is 27.7. The lowest BCUT2D eigenvalue weighted by atomic mass is 9.77. The lowest BCUT2D eigenvalue weighted by Gasteiger charge is -2.40. The van der Waals surface area contributed by atoms with Crippen molar-refractivity contribution in [3.05, 3.63) is 12.3 Å². The second-order valence-electron chi connectivity index (χ2n) is 4.55. The minimum absolute atomic E-state index is 0.00291. The third-order valence-corrected chi connectivity index (χ3v) is 9.46. The van der Waals surface area contributed by atoms with E-state index >= 15 is 0 Å². The standard InChI is InChI=1S/C10H19N3O3P2S/c1-17-13(18-2)19(15,16)9-4-7-12(11-9)10(8-14)5-3-6-10/h4,7,14,17-18H,3,5-6,8H2,1-2H3. The Morgan fingerprint density at radius 2 is 2.11 bits per heavy atom. The van der Waals surface area contributed by atoms with Gasteiger partial charge in [0.25, 0.3) is 10.0 Å². The maximum atomic E-state index is 12.3. The Kier molecular flexibility index (Phi) is 4.63. The van der Waals surface area contributed by atoms with E-state index in [4.69, 9.17) is 0 Å². The van der Waals surface area contributed by atoms with E-state index in [0.29, 0.717) is 0 Å². The molecule has 19 heavy (non-hydrogen) atoms. The molecule has 1 saturated carbocycles. The van der Waals surface area contributed by atoms with Gasteiger partial charge >= 0.3 is 0 Å². The van der Waals surface area contributed by atoms with Crippen molar-refractivity contribution >= 4 is 27.5 Å². The van der Waals surface area contributed by atoms with Crippen LogP contribution in [0.15, 0.2) is 17.3 Å². The van der Waals surface area contributed by atoms with Crippen molar-refractivity contribution < 1.29 is 13.5 Å². The summed E-state index contributed by atoms with van der Waals surface area (Å²) in [4.78, 5) is 0. The van der Waals surface area contributed by atoms with Gasteiger partial charge in [-0.1, -0.05) is 0 Å². The van der Waals surface area contributed by atoms with Crippen molar-refractivity contribution in [2.75, 3.05) is 19.9 Å². The molecule has 2 unspecified atom stereocenters. The molecule has 2 atom stereocenters. The van der Waals surface area contributed by atoms with E-state index in [1.165, 1.54) is 9.91 Å². The van der Waals surface area contributed by atoms with Crippen LogP contribution in [0.1, 0.15) is 19.3 Å². The molecule has 108 valence electrons. The van der Waals surface area contributed by atoms with Crippen LogP contribution in [0.3, 0.4) is 0 Å². The van der Waals surface area contributed by atoms with E-state index in [-0.39, 0.29) is 34.6 Å². The lowest BCUT2D eigenvalue weighted by molar-refractivity contribution is 0.0427. The van der Waals surface area contributed by atoms with Crippen LogP contribution >= 0.6 is 17.5 Å². The number of hydrogen-bond donors (Lipinski definition) is 1. The molecular formula is C10H19N3O3P2S. The first-order valence-electron chi connectivity index (χ1n) is 6.07. The maximum absolute atomic E-state index is 12.3. The topological polar surface area (TPSA) is 75.4 Å². The predicted molar refractivity (Wildman–Crippen MR) is 78.6 cm³/mol. The Balaban J connectivity index is 2.31. The largest absolute Gasteiger partial charge is 0.394 e. The van der Waals surface area contributed by atoms with Gasteiger partial charge in [0.2, 0.25) is 0 Å². The zero-order valence-electron chi connectivity index (χ0n) is 11.0. The highest BCUT2D eigenvalue weighted by molar-refractivity contribution is 7.97. The molecule has 1 heterocycles. The molecule has 1 fully saturated rings. The van der Waals surface area contributed by atoms with Gasteiger partial charge in [-0.15, -0.1) is 0 Å². The number of hydrogen-bond acceptors (Lipinski definition) is 4. The average molecular weight is 323 g/mol. The summed E-state index contributed by atoms with van der Waals surface area (Å²) in [7, 11) is -3.10. The first kappa shape index (κ1) is 15.3. The maximum Gasteiger partial charge on any atom is 0.268 e. The summed E-state index contributed by atoms with van der Waals surface area (Å²) >= 11 is 0. The molecule has 0 radical (unpaired) electrons.